The van der Waals surface area contributed by atoms with E-state index in [9.17, 15) is 4.39 Å². The molecule has 0 spiro atoms. The zero-order chi connectivity index (χ0) is 10.7. The largest absolute Gasteiger partial charge is 0.247 e. The Labute approximate surface area is 93.6 Å². The van der Waals surface area contributed by atoms with Crippen molar-refractivity contribution in [2.75, 3.05) is 0 Å². The highest BCUT2D eigenvalue weighted by Crippen LogP contribution is 2.39. The quantitative estimate of drug-likeness (QED) is 0.551. The van der Waals surface area contributed by atoms with Crippen LogP contribution in [-0.2, 0) is 0 Å². The second-order valence-corrected chi connectivity index (χ2v) is 5.89. The topological polar surface area (TPSA) is 0 Å². The van der Waals surface area contributed by atoms with Crippen LogP contribution in [0.2, 0.25) is 0 Å². The highest BCUT2D eigenvalue weighted by Gasteiger charge is 2.28. The van der Waals surface area contributed by atoms with Crippen LogP contribution in [0.25, 0.3) is 0 Å². The summed E-state index contributed by atoms with van der Waals surface area (Å²) in [5.74, 6) is 2.73. The van der Waals surface area contributed by atoms with E-state index in [-0.39, 0.29) is 0 Å². The molecule has 0 bridgehead atoms. The Bertz CT molecular complexity index is 182. The third-order valence-electron chi connectivity index (χ3n) is 4.67. The first-order chi connectivity index (χ1) is 7.25. The number of hydrogen-bond acceptors (Lipinski definition) is 0. The van der Waals surface area contributed by atoms with Crippen molar-refractivity contribution in [2.45, 2.75) is 70.9 Å². The molecule has 2 rings (SSSR count). The maximum Gasteiger partial charge on any atom is 0.100 e. The van der Waals surface area contributed by atoms with Gasteiger partial charge in [0.1, 0.15) is 6.17 Å². The maximum atomic E-state index is 13.1. The normalized spacial score (nSPS) is 43.6. The average molecular weight is 212 g/mol. The van der Waals surface area contributed by atoms with Crippen LogP contribution >= 0.6 is 0 Å². The first kappa shape index (κ1) is 11.4. The van der Waals surface area contributed by atoms with Gasteiger partial charge >= 0.3 is 0 Å². The van der Waals surface area contributed by atoms with Crippen LogP contribution in [0.5, 0.6) is 0 Å². The molecule has 2 fully saturated rings. The fourth-order valence-electron chi connectivity index (χ4n) is 3.54. The van der Waals surface area contributed by atoms with E-state index in [2.05, 4.69) is 6.92 Å². The number of rotatable bonds is 1. The lowest BCUT2D eigenvalue weighted by atomic mass is 9.76. The Balaban J connectivity index is 1.82. The van der Waals surface area contributed by atoms with Crippen LogP contribution in [0.3, 0.4) is 0 Å². The van der Waals surface area contributed by atoms with Crippen LogP contribution in [0.4, 0.5) is 4.39 Å². The van der Waals surface area contributed by atoms with Gasteiger partial charge in [0, 0.05) is 0 Å². The minimum atomic E-state index is -0.481. The molecule has 2 saturated carbocycles. The fraction of sp³-hybridized carbons (Fsp3) is 1.00. The van der Waals surface area contributed by atoms with Crippen molar-refractivity contribution in [1.29, 1.82) is 0 Å². The minimum Gasteiger partial charge on any atom is -0.247 e. The van der Waals surface area contributed by atoms with E-state index in [1.54, 1.807) is 0 Å². The van der Waals surface area contributed by atoms with Gasteiger partial charge in [-0.1, -0.05) is 32.6 Å². The standard InChI is InChI=1S/C14H25F/c1-11-3-2-4-12(6-5-11)13-7-9-14(15)10-8-13/h11-14H,2-10H2,1H3. The molecule has 2 atom stereocenters. The van der Waals surface area contributed by atoms with E-state index in [1.165, 1.54) is 44.9 Å². The summed E-state index contributed by atoms with van der Waals surface area (Å²) >= 11 is 0. The van der Waals surface area contributed by atoms with Crippen LogP contribution in [0.1, 0.15) is 64.7 Å². The number of hydrogen-bond donors (Lipinski definition) is 0. The van der Waals surface area contributed by atoms with E-state index in [1.807, 2.05) is 0 Å². The van der Waals surface area contributed by atoms with E-state index in [0.717, 1.165) is 30.6 Å². The van der Waals surface area contributed by atoms with Crippen molar-refractivity contribution < 1.29 is 4.39 Å². The highest BCUT2D eigenvalue weighted by molar-refractivity contribution is 4.79. The van der Waals surface area contributed by atoms with Crippen molar-refractivity contribution in [3.8, 4) is 0 Å². The van der Waals surface area contributed by atoms with Gasteiger partial charge in [-0.15, -0.1) is 0 Å². The average Bonchev–Trinajstić information content (AvgIpc) is 2.44. The van der Waals surface area contributed by atoms with Crippen molar-refractivity contribution in [3.05, 3.63) is 0 Å². The summed E-state index contributed by atoms with van der Waals surface area (Å²) in [6.07, 6.45) is 10.6. The molecule has 0 saturated heterocycles. The van der Waals surface area contributed by atoms with E-state index < -0.39 is 6.17 Å². The van der Waals surface area contributed by atoms with E-state index >= 15 is 0 Å². The molecule has 0 aromatic carbocycles. The summed E-state index contributed by atoms with van der Waals surface area (Å²) in [6.45, 7) is 2.39. The van der Waals surface area contributed by atoms with Gasteiger partial charge in [0.15, 0.2) is 0 Å². The predicted molar refractivity (Wildman–Crippen MR) is 62.6 cm³/mol. The Morgan fingerprint density at radius 2 is 1.33 bits per heavy atom. The summed E-state index contributed by atoms with van der Waals surface area (Å²) in [4.78, 5) is 0. The fourth-order valence-corrected chi connectivity index (χ4v) is 3.54. The predicted octanol–water partition coefficient (Wildman–Crippen LogP) is 4.73. The first-order valence-corrected chi connectivity index (χ1v) is 6.89. The smallest absolute Gasteiger partial charge is 0.100 e. The summed E-state index contributed by atoms with van der Waals surface area (Å²) in [5.41, 5.74) is 0. The van der Waals surface area contributed by atoms with Crippen molar-refractivity contribution in [2.24, 2.45) is 17.8 Å². The lowest BCUT2D eigenvalue weighted by molar-refractivity contribution is 0.156. The lowest BCUT2D eigenvalue weighted by Gasteiger charge is -2.31. The van der Waals surface area contributed by atoms with Crippen LogP contribution < -0.4 is 0 Å². The third kappa shape index (κ3) is 3.19. The molecule has 2 unspecified atom stereocenters. The summed E-state index contributed by atoms with van der Waals surface area (Å²) in [7, 11) is 0. The van der Waals surface area contributed by atoms with Gasteiger partial charge in [0.2, 0.25) is 0 Å². The minimum absolute atomic E-state index is 0.481. The summed E-state index contributed by atoms with van der Waals surface area (Å²) in [5, 5.41) is 0. The molecule has 88 valence electrons. The van der Waals surface area contributed by atoms with Gasteiger partial charge in [0.05, 0.1) is 0 Å². The zero-order valence-electron chi connectivity index (χ0n) is 10.1. The molecule has 0 N–H and O–H groups in total. The molecular weight excluding hydrogens is 187 g/mol. The number of halogens is 1. The SMILES string of the molecule is CC1CCCC(C2CCC(F)CC2)CC1. The van der Waals surface area contributed by atoms with Crippen molar-refractivity contribution >= 4 is 0 Å². The Hall–Kier alpha value is -0.0700. The van der Waals surface area contributed by atoms with Gasteiger partial charge in [0.25, 0.3) is 0 Å². The highest BCUT2D eigenvalue weighted by atomic mass is 19.1. The molecular formula is C14H25F. The molecule has 0 radical (unpaired) electrons. The molecule has 0 aromatic heterocycles. The second-order valence-electron chi connectivity index (χ2n) is 5.89. The molecule has 2 aliphatic carbocycles. The van der Waals surface area contributed by atoms with Crippen molar-refractivity contribution in [1.82, 2.24) is 0 Å². The van der Waals surface area contributed by atoms with Crippen LogP contribution in [-0.4, -0.2) is 6.17 Å². The van der Waals surface area contributed by atoms with Gasteiger partial charge in [-0.25, -0.2) is 4.39 Å². The molecule has 0 amide bonds. The molecule has 0 aromatic rings. The first-order valence-electron chi connectivity index (χ1n) is 6.89. The van der Waals surface area contributed by atoms with Crippen LogP contribution in [0.15, 0.2) is 0 Å². The monoisotopic (exact) mass is 212 g/mol. The maximum absolute atomic E-state index is 13.1. The zero-order valence-corrected chi connectivity index (χ0v) is 10.1. The molecule has 2 aliphatic rings. The van der Waals surface area contributed by atoms with E-state index in [0.29, 0.717) is 0 Å². The lowest BCUT2D eigenvalue weighted by Crippen LogP contribution is -2.22. The van der Waals surface area contributed by atoms with Crippen molar-refractivity contribution in [3.63, 3.8) is 0 Å². The molecule has 0 aliphatic heterocycles. The molecule has 0 nitrogen and oxygen atoms in total. The molecule has 15 heavy (non-hydrogen) atoms. The Morgan fingerprint density at radius 3 is 2.07 bits per heavy atom. The van der Waals surface area contributed by atoms with Gasteiger partial charge in [-0.3, -0.25) is 0 Å². The summed E-state index contributed by atoms with van der Waals surface area (Å²) in [6, 6.07) is 0. The van der Waals surface area contributed by atoms with Gasteiger partial charge in [-0.2, -0.15) is 0 Å². The molecule has 1 heteroatoms. The van der Waals surface area contributed by atoms with Crippen LogP contribution in [0, 0.1) is 17.8 Å². The molecule has 0 heterocycles. The van der Waals surface area contributed by atoms with Gasteiger partial charge in [-0.05, 0) is 49.9 Å². The second kappa shape index (κ2) is 5.32. The van der Waals surface area contributed by atoms with E-state index in [4.69, 9.17) is 0 Å². The summed E-state index contributed by atoms with van der Waals surface area (Å²) < 4.78 is 13.1. The third-order valence-corrected chi connectivity index (χ3v) is 4.67. The number of alkyl halides is 1. The Kier molecular flexibility index (Phi) is 4.05. The Morgan fingerprint density at radius 1 is 0.733 bits per heavy atom. The van der Waals surface area contributed by atoms with Gasteiger partial charge < -0.3 is 0 Å².